The van der Waals surface area contributed by atoms with E-state index < -0.39 is 17.9 Å². The van der Waals surface area contributed by atoms with Crippen LogP contribution in [0.5, 0.6) is 0 Å². The molecule has 2 aliphatic rings. The van der Waals surface area contributed by atoms with Gasteiger partial charge in [0, 0.05) is 38.7 Å². The zero-order chi connectivity index (χ0) is 25.5. The molecule has 2 aromatic rings. The molecule has 3 heterocycles. The molecule has 8 nitrogen and oxygen atoms in total. The Kier molecular flexibility index (Phi) is 8.68. The number of hydrogen-bond acceptors (Lipinski definition) is 6. The third-order valence-corrected chi connectivity index (χ3v) is 7.25. The van der Waals surface area contributed by atoms with Gasteiger partial charge in [-0.1, -0.05) is 30.3 Å². The molecular formula is C26H35F2N5O3. The number of nitrogens with one attached hydrogen (secondary N) is 1. The molecule has 1 aromatic carbocycles. The number of piperidine rings is 1. The molecule has 36 heavy (non-hydrogen) atoms. The second-order valence-electron chi connectivity index (χ2n) is 9.88. The Labute approximate surface area is 209 Å². The highest BCUT2D eigenvalue weighted by Crippen LogP contribution is 2.30. The average Bonchev–Trinajstić information content (AvgIpc) is 3.38. The number of rotatable bonds is 10. The summed E-state index contributed by atoms with van der Waals surface area (Å²) in [7, 11) is 0. The van der Waals surface area contributed by atoms with E-state index in [0.717, 1.165) is 19.6 Å². The van der Waals surface area contributed by atoms with E-state index in [1.165, 1.54) is 34.7 Å². The van der Waals surface area contributed by atoms with Crippen molar-refractivity contribution < 1.29 is 18.7 Å². The molecule has 0 spiro atoms. The van der Waals surface area contributed by atoms with Gasteiger partial charge in [-0.25, -0.2) is 13.8 Å². The predicted octanol–water partition coefficient (Wildman–Crippen LogP) is 2.54. The first kappa shape index (κ1) is 26.2. The smallest absolute Gasteiger partial charge is 0.255 e. The zero-order valence-electron chi connectivity index (χ0n) is 20.5. The van der Waals surface area contributed by atoms with E-state index in [1.807, 2.05) is 0 Å². The fourth-order valence-corrected chi connectivity index (χ4v) is 5.01. The van der Waals surface area contributed by atoms with Gasteiger partial charge >= 0.3 is 0 Å². The Morgan fingerprint density at radius 1 is 1.11 bits per heavy atom. The lowest BCUT2D eigenvalue weighted by atomic mass is 9.90. The number of alkyl halides is 2. The van der Waals surface area contributed by atoms with Gasteiger partial charge in [0.25, 0.3) is 5.56 Å². The summed E-state index contributed by atoms with van der Waals surface area (Å²) in [6.45, 7) is 4.40. The molecule has 0 aliphatic carbocycles. The molecule has 0 radical (unpaired) electrons. The zero-order valence-corrected chi connectivity index (χ0v) is 20.5. The first-order chi connectivity index (χ1) is 17.3. The van der Waals surface area contributed by atoms with Crippen LogP contribution in [0.3, 0.4) is 0 Å². The van der Waals surface area contributed by atoms with Gasteiger partial charge in [0.05, 0.1) is 24.4 Å². The normalized spacial score (nSPS) is 18.9. The minimum Gasteiger partial charge on any atom is -0.388 e. The number of aromatic nitrogens is 2. The summed E-state index contributed by atoms with van der Waals surface area (Å²) >= 11 is 0. The second-order valence-corrected chi connectivity index (χ2v) is 9.88. The first-order valence-corrected chi connectivity index (χ1v) is 12.7. The van der Waals surface area contributed by atoms with Crippen LogP contribution < -0.4 is 10.9 Å². The third-order valence-electron chi connectivity index (χ3n) is 7.25. The molecule has 0 saturated carbocycles. The summed E-state index contributed by atoms with van der Waals surface area (Å²) < 4.78 is 28.6. The summed E-state index contributed by atoms with van der Waals surface area (Å²) in [5, 5.41) is 14.2. The lowest BCUT2D eigenvalue weighted by Gasteiger charge is -2.38. The average molecular weight is 504 g/mol. The van der Waals surface area contributed by atoms with E-state index in [2.05, 4.69) is 15.2 Å². The van der Waals surface area contributed by atoms with E-state index in [1.54, 1.807) is 30.3 Å². The minimum absolute atomic E-state index is 0.0681. The van der Waals surface area contributed by atoms with Crippen molar-refractivity contribution in [1.82, 2.24) is 19.4 Å². The number of benzene rings is 1. The SMILES string of the molecule is O=C(C[C@H](c1ccccc1)C(F)F)N1CCC(O)(Cn2cnc(NCCN3CCCC3)cc2=O)CC1. The van der Waals surface area contributed by atoms with E-state index in [-0.39, 0.29) is 50.4 Å². The fourth-order valence-electron chi connectivity index (χ4n) is 5.01. The van der Waals surface area contributed by atoms with Crippen LogP contribution in [0.1, 0.15) is 43.6 Å². The molecule has 10 heteroatoms. The van der Waals surface area contributed by atoms with Crippen molar-refractivity contribution in [3.63, 3.8) is 0 Å². The van der Waals surface area contributed by atoms with Crippen LogP contribution in [0.2, 0.25) is 0 Å². The quantitative estimate of drug-likeness (QED) is 0.518. The van der Waals surface area contributed by atoms with E-state index >= 15 is 0 Å². The maximum Gasteiger partial charge on any atom is 0.255 e. The molecule has 196 valence electrons. The van der Waals surface area contributed by atoms with Gasteiger partial charge in [0.2, 0.25) is 12.3 Å². The molecule has 2 fully saturated rings. The molecule has 4 rings (SSSR count). The number of aliphatic hydroxyl groups is 1. The molecule has 2 N–H and O–H groups in total. The Morgan fingerprint density at radius 2 is 1.81 bits per heavy atom. The van der Waals surface area contributed by atoms with Crippen LogP contribution >= 0.6 is 0 Å². The highest BCUT2D eigenvalue weighted by molar-refractivity contribution is 5.77. The van der Waals surface area contributed by atoms with Crippen LogP contribution in [0.15, 0.2) is 47.5 Å². The highest BCUT2D eigenvalue weighted by atomic mass is 19.3. The Hall–Kier alpha value is -2.85. The summed E-state index contributed by atoms with van der Waals surface area (Å²) in [4.78, 5) is 33.6. The Morgan fingerprint density at radius 3 is 2.44 bits per heavy atom. The van der Waals surface area contributed by atoms with Crippen LogP contribution in [0, 0.1) is 0 Å². The van der Waals surface area contributed by atoms with Crippen molar-refractivity contribution >= 4 is 11.7 Å². The van der Waals surface area contributed by atoms with Gasteiger partial charge in [-0.15, -0.1) is 0 Å². The van der Waals surface area contributed by atoms with E-state index in [9.17, 15) is 23.5 Å². The Bertz CT molecular complexity index is 1050. The van der Waals surface area contributed by atoms with Crippen LogP contribution in [0.25, 0.3) is 0 Å². The van der Waals surface area contributed by atoms with E-state index in [0.29, 0.717) is 17.9 Å². The summed E-state index contributed by atoms with van der Waals surface area (Å²) in [5.41, 5.74) is -0.993. The van der Waals surface area contributed by atoms with Gasteiger partial charge < -0.3 is 20.2 Å². The molecule has 2 saturated heterocycles. The third kappa shape index (κ3) is 6.88. The van der Waals surface area contributed by atoms with Crippen molar-refractivity contribution in [3.05, 3.63) is 58.6 Å². The van der Waals surface area contributed by atoms with Crippen molar-refractivity contribution in [3.8, 4) is 0 Å². The molecular weight excluding hydrogens is 468 g/mol. The number of anilines is 1. The lowest BCUT2D eigenvalue weighted by Crippen LogP contribution is -2.50. The molecule has 0 bridgehead atoms. The number of likely N-dealkylation sites (tertiary alicyclic amines) is 2. The molecule has 0 unspecified atom stereocenters. The highest BCUT2D eigenvalue weighted by Gasteiger charge is 2.36. The maximum absolute atomic E-state index is 13.6. The van der Waals surface area contributed by atoms with Crippen LogP contribution in [0.4, 0.5) is 14.6 Å². The maximum atomic E-state index is 13.6. The monoisotopic (exact) mass is 503 g/mol. The topological polar surface area (TPSA) is 90.7 Å². The molecule has 1 amide bonds. The number of hydrogen-bond donors (Lipinski definition) is 2. The standard InChI is InChI=1S/C26H35F2N5O3/c27-25(28)21(20-6-2-1-3-7-20)16-23(34)32-13-8-26(36,9-14-32)18-33-19-30-22(17-24(33)35)29-10-15-31-11-4-5-12-31/h1-3,6-7,17,19,21,25,29,36H,4-5,8-16,18H2/t21-/m1/s1. The number of carbonyl (C=O) groups is 1. The molecule has 2 aliphatic heterocycles. The van der Waals surface area contributed by atoms with Crippen molar-refractivity contribution in [2.24, 2.45) is 0 Å². The number of amides is 1. The van der Waals surface area contributed by atoms with Crippen LogP contribution in [-0.4, -0.2) is 81.7 Å². The summed E-state index contributed by atoms with van der Waals surface area (Å²) in [6, 6.07) is 9.77. The van der Waals surface area contributed by atoms with Gasteiger partial charge in [-0.3, -0.25) is 14.2 Å². The van der Waals surface area contributed by atoms with E-state index in [4.69, 9.17) is 0 Å². The number of halogens is 2. The number of nitrogens with zero attached hydrogens (tertiary/aromatic N) is 4. The van der Waals surface area contributed by atoms with Gasteiger partial charge in [0.1, 0.15) is 5.82 Å². The fraction of sp³-hybridized carbons (Fsp3) is 0.577. The minimum atomic E-state index is -2.64. The second kappa shape index (κ2) is 11.9. The van der Waals surface area contributed by atoms with Crippen molar-refractivity contribution in [1.29, 1.82) is 0 Å². The predicted molar refractivity (Wildman–Crippen MR) is 133 cm³/mol. The summed E-state index contributed by atoms with van der Waals surface area (Å²) in [6.07, 6.45) is 1.48. The molecule has 1 atom stereocenters. The van der Waals surface area contributed by atoms with Gasteiger partial charge in [-0.2, -0.15) is 0 Å². The Balaban J connectivity index is 1.27. The van der Waals surface area contributed by atoms with Crippen molar-refractivity contribution in [2.45, 2.75) is 56.6 Å². The number of carbonyl (C=O) groups excluding carboxylic acids is 1. The first-order valence-electron chi connectivity index (χ1n) is 12.7. The summed E-state index contributed by atoms with van der Waals surface area (Å²) in [5.74, 6) is -1.00. The lowest BCUT2D eigenvalue weighted by molar-refractivity contribution is -0.137. The van der Waals surface area contributed by atoms with Crippen molar-refractivity contribution in [2.75, 3.05) is 44.6 Å². The largest absolute Gasteiger partial charge is 0.388 e. The molecule has 1 aromatic heterocycles. The van der Waals surface area contributed by atoms with Gasteiger partial charge in [0.15, 0.2) is 0 Å². The van der Waals surface area contributed by atoms with Gasteiger partial charge in [-0.05, 0) is 44.3 Å². The van der Waals surface area contributed by atoms with Crippen LogP contribution in [-0.2, 0) is 11.3 Å².